The van der Waals surface area contributed by atoms with E-state index in [0.717, 1.165) is 37.2 Å². The van der Waals surface area contributed by atoms with E-state index in [4.69, 9.17) is 10.5 Å². The van der Waals surface area contributed by atoms with E-state index in [-0.39, 0.29) is 36.4 Å². The molecule has 1 fully saturated rings. The second-order valence-electron chi connectivity index (χ2n) is 6.56. The number of amides is 1. The molecule has 5 heteroatoms. The van der Waals surface area contributed by atoms with Crippen LogP contribution in [0.25, 0.3) is 0 Å². The number of nitrogens with two attached hydrogens (primary N) is 1. The van der Waals surface area contributed by atoms with E-state index in [1.165, 1.54) is 5.56 Å². The molecular formula is C18H29ClN2O2. The fourth-order valence-electron chi connectivity index (χ4n) is 2.72. The molecule has 1 saturated heterocycles. The fourth-order valence-corrected chi connectivity index (χ4v) is 2.72. The van der Waals surface area contributed by atoms with Crippen molar-refractivity contribution in [2.75, 3.05) is 13.1 Å². The van der Waals surface area contributed by atoms with Gasteiger partial charge in [0.05, 0.1) is 5.92 Å². The lowest BCUT2D eigenvalue weighted by Crippen LogP contribution is -2.47. The summed E-state index contributed by atoms with van der Waals surface area (Å²) in [6, 6.07) is 6.17. The van der Waals surface area contributed by atoms with Crippen LogP contribution in [0, 0.1) is 19.8 Å². The molecule has 1 heterocycles. The van der Waals surface area contributed by atoms with E-state index in [1.807, 2.05) is 18.7 Å². The molecule has 23 heavy (non-hydrogen) atoms. The minimum Gasteiger partial charge on any atom is -0.490 e. The molecule has 2 atom stereocenters. The number of nitrogens with zero attached hydrogens (tertiary/aromatic N) is 1. The van der Waals surface area contributed by atoms with Gasteiger partial charge in [0, 0.05) is 32.0 Å². The molecule has 1 aromatic rings. The number of halogens is 1. The van der Waals surface area contributed by atoms with Crippen molar-refractivity contribution in [1.29, 1.82) is 0 Å². The van der Waals surface area contributed by atoms with Crippen molar-refractivity contribution < 1.29 is 9.53 Å². The minimum absolute atomic E-state index is 0. The monoisotopic (exact) mass is 340 g/mol. The van der Waals surface area contributed by atoms with Crippen LogP contribution in [-0.2, 0) is 4.79 Å². The van der Waals surface area contributed by atoms with Gasteiger partial charge in [-0.15, -0.1) is 12.4 Å². The van der Waals surface area contributed by atoms with Gasteiger partial charge in [0.1, 0.15) is 11.9 Å². The molecule has 1 aliphatic heterocycles. The first-order valence-electron chi connectivity index (χ1n) is 8.16. The van der Waals surface area contributed by atoms with Gasteiger partial charge in [-0.05, 0) is 38.0 Å². The molecule has 2 rings (SSSR count). The van der Waals surface area contributed by atoms with E-state index in [0.29, 0.717) is 0 Å². The van der Waals surface area contributed by atoms with Crippen molar-refractivity contribution in [3.8, 4) is 5.75 Å². The first-order chi connectivity index (χ1) is 10.4. The third-order valence-corrected chi connectivity index (χ3v) is 4.57. The minimum atomic E-state index is -0.114. The van der Waals surface area contributed by atoms with Crippen molar-refractivity contribution in [3.05, 3.63) is 29.3 Å². The molecule has 2 N–H and O–H groups in total. The van der Waals surface area contributed by atoms with Crippen LogP contribution in [-0.4, -0.2) is 36.0 Å². The summed E-state index contributed by atoms with van der Waals surface area (Å²) >= 11 is 0. The van der Waals surface area contributed by atoms with Gasteiger partial charge >= 0.3 is 0 Å². The van der Waals surface area contributed by atoms with E-state index in [9.17, 15) is 4.79 Å². The Morgan fingerprint density at radius 2 is 1.87 bits per heavy atom. The van der Waals surface area contributed by atoms with Crippen LogP contribution in [0.2, 0.25) is 0 Å². The summed E-state index contributed by atoms with van der Waals surface area (Å²) in [6.45, 7) is 9.45. The van der Waals surface area contributed by atoms with Gasteiger partial charge in [-0.1, -0.05) is 19.1 Å². The van der Waals surface area contributed by atoms with Crippen LogP contribution < -0.4 is 10.5 Å². The Balaban J connectivity index is 0.00000264. The molecule has 2 unspecified atom stereocenters. The predicted octanol–water partition coefficient (Wildman–Crippen LogP) is 3.08. The van der Waals surface area contributed by atoms with Crippen LogP contribution in [0.1, 0.15) is 37.8 Å². The highest BCUT2D eigenvalue weighted by Gasteiger charge is 2.28. The summed E-state index contributed by atoms with van der Waals surface area (Å²) in [5.41, 5.74) is 8.20. The summed E-state index contributed by atoms with van der Waals surface area (Å²) in [5, 5.41) is 0. The Labute approximate surface area is 145 Å². The fraction of sp³-hybridized carbons (Fsp3) is 0.611. The van der Waals surface area contributed by atoms with Crippen LogP contribution in [0.4, 0.5) is 0 Å². The average Bonchev–Trinajstić information content (AvgIpc) is 2.50. The van der Waals surface area contributed by atoms with Gasteiger partial charge in [-0.25, -0.2) is 0 Å². The Morgan fingerprint density at radius 1 is 1.26 bits per heavy atom. The average molecular weight is 341 g/mol. The highest BCUT2D eigenvalue weighted by molar-refractivity contribution is 5.85. The van der Waals surface area contributed by atoms with E-state index in [2.05, 4.69) is 32.0 Å². The van der Waals surface area contributed by atoms with Crippen LogP contribution in [0.5, 0.6) is 5.75 Å². The third-order valence-electron chi connectivity index (χ3n) is 4.57. The van der Waals surface area contributed by atoms with E-state index in [1.54, 1.807) is 0 Å². The highest BCUT2D eigenvalue weighted by atomic mass is 35.5. The highest BCUT2D eigenvalue weighted by Crippen LogP contribution is 2.24. The van der Waals surface area contributed by atoms with Gasteiger partial charge < -0.3 is 15.4 Å². The molecular weight excluding hydrogens is 312 g/mol. The summed E-state index contributed by atoms with van der Waals surface area (Å²) in [6.07, 6.45) is 1.95. The molecule has 0 spiro atoms. The van der Waals surface area contributed by atoms with Crippen LogP contribution >= 0.6 is 12.4 Å². The number of hydrogen-bond acceptors (Lipinski definition) is 3. The predicted molar refractivity (Wildman–Crippen MR) is 96.2 cm³/mol. The smallest absolute Gasteiger partial charge is 0.226 e. The molecule has 0 radical (unpaired) electrons. The summed E-state index contributed by atoms with van der Waals surface area (Å²) in [4.78, 5) is 14.2. The maximum atomic E-state index is 12.3. The zero-order valence-corrected chi connectivity index (χ0v) is 15.4. The zero-order valence-electron chi connectivity index (χ0n) is 14.5. The number of likely N-dealkylation sites (tertiary alicyclic amines) is 1. The van der Waals surface area contributed by atoms with Gasteiger partial charge in [-0.2, -0.15) is 0 Å². The first-order valence-corrected chi connectivity index (χ1v) is 8.16. The number of carbonyl (C=O) groups excluding carboxylic acids is 1. The SMILES string of the molecule is Cc1ccc(C)c(OC2CCN(C(=O)C(C)C(C)N)CC2)c1.Cl. The normalized spacial score (nSPS) is 18.0. The maximum Gasteiger partial charge on any atom is 0.226 e. The Hall–Kier alpha value is -1.26. The van der Waals surface area contributed by atoms with Gasteiger partial charge in [0.25, 0.3) is 0 Å². The Bertz CT molecular complexity index is 526. The number of rotatable bonds is 4. The van der Waals surface area contributed by atoms with Gasteiger partial charge in [0.2, 0.25) is 5.91 Å². The summed E-state index contributed by atoms with van der Waals surface area (Å²) in [7, 11) is 0. The largest absolute Gasteiger partial charge is 0.490 e. The summed E-state index contributed by atoms with van der Waals surface area (Å²) < 4.78 is 6.14. The van der Waals surface area contributed by atoms with Crippen molar-refractivity contribution >= 4 is 18.3 Å². The topological polar surface area (TPSA) is 55.6 Å². The lowest BCUT2D eigenvalue weighted by Gasteiger charge is -2.34. The van der Waals surface area contributed by atoms with Crippen molar-refractivity contribution in [2.45, 2.75) is 52.7 Å². The number of ether oxygens (including phenoxy) is 1. The molecule has 0 aliphatic carbocycles. The van der Waals surface area contributed by atoms with Crippen molar-refractivity contribution in [3.63, 3.8) is 0 Å². The Morgan fingerprint density at radius 3 is 2.43 bits per heavy atom. The molecule has 1 amide bonds. The number of carbonyl (C=O) groups is 1. The number of aryl methyl sites for hydroxylation is 2. The van der Waals surface area contributed by atoms with E-state index >= 15 is 0 Å². The summed E-state index contributed by atoms with van der Waals surface area (Å²) in [5.74, 6) is 1.02. The quantitative estimate of drug-likeness (QED) is 0.916. The molecule has 4 nitrogen and oxygen atoms in total. The maximum absolute atomic E-state index is 12.3. The van der Waals surface area contributed by atoms with Crippen molar-refractivity contribution in [2.24, 2.45) is 11.7 Å². The Kier molecular flexibility index (Phi) is 7.36. The van der Waals surface area contributed by atoms with Gasteiger partial charge in [-0.3, -0.25) is 4.79 Å². The number of piperidine rings is 1. The molecule has 0 bridgehead atoms. The molecule has 0 aromatic heterocycles. The van der Waals surface area contributed by atoms with Crippen LogP contribution in [0.3, 0.4) is 0 Å². The van der Waals surface area contributed by atoms with Crippen molar-refractivity contribution in [1.82, 2.24) is 4.90 Å². The zero-order chi connectivity index (χ0) is 16.3. The molecule has 1 aromatic carbocycles. The number of hydrogen-bond donors (Lipinski definition) is 1. The molecule has 1 aliphatic rings. The van der Waals surface area contributed by atoms with E-state index < -0.39 is 0 Å². The van der Waals surface area contributed by atoms with Crippen LogP contribution in [0.15, 0.2) is 18.2 Å². The second-order valence-corrected chi connectivity index (χ2v) is 6.56. The molecule has 0 saturated carbocycles. The standard InChI is InChI=1S/C18H28N2O2.ClH/c1-12-5-6-13(2)17(11-12)22-16-7-9-20(10-8-16)18(21)14(3)15(4)19;/h5-6,11,14-16H,7-10,19H2,1-4H3;1H. The lowest BCUT2D eigenvalue weighted by atomic mass is 10.00. The van der Waals surface area contributed by atoms with Gasteiger partial charge in [0.15, 0.2) is 0 Å². The lowest BCUT2D eigenvalue weighted by molar-refractivity contribution is -0.137. The first kappa shape index (κ1) is 19.8. The second kappa shape index (κ2) is 8.55. The molecule has 130 valence electrons. The third kappa shape index (κ3) is 5.11. The number of benzene rings is 1.